The number of rotatable bonds is 5. The smallest absolute Gasteiger partial charge is 0.0468 e. The first-order valence-electron chi connectivity index (χ1n) is 8.21. The first kappa shape index (κ1) is 17.1. The van der Waals surface area contributed by atoms with Crippen LogP contribution in [0.3, 0.4) is 0 Å². The van der Waals surface area contributed by atoms with Gasteiger partial charge in [0.1, 0.15) is 0 Å². The zero-order valence-corrected chi connectivity index (χ0v) is 14.8. The van der Waals surface area contributed by atoms with Gasteiger partial charge in [-0.15, -0.1) is 0 Å². The second-order valence-electron chi connectivity index (χ2n) is 6.63. The van der Waals surface area contributed by atoms with Gasteiger partial charge in [-0.25, -0.2) is 0 Å². The maximum atomic E-state index is 6.46. The van der Waals surface area contributed by atoms with Crippen LogP contribution in [0.1, 0.15) is 58.1 Å². The van der Waals surface area contributed by atoms with Crippen LogP contribution in [-0.2, 0) is 0 Å². The van der Waals surface area contributed by atoms with Crippen molar-refractivity contribution in [3.05, 3.63) is 33.8 Å². The molecule has 118 valence electrons. The van der Waals surface area contributed by atoms with Gasteiger partial charge in [0.2, 0.25) is 0 Å². The van der Waals surface area contributed by atoms with E-state index in [1.807, 2.05) is 12.1 Å². The van der Waals surface area contributed by atoms with Gasteiger partial charge in [-0.2, -0.15) is 0 Å². The first-order valence-corrected chi connectivity index (χ1v) is 8.96. The second kappa shape index (κ2) is 7.85. The number of halogens is 2. The molecule has 1 saturated carbocycles. The van der Waals surface area contributed by atoms with E-state index in [1.54, 1.807) is 0 Å². The zero-order chi connectivity index (χ0) is 15.4. The number of hydrogen-bond acceptors (Lipinski definition) is 1. The van der Waals surface area contributed by atoms with Crippen molar-refractivity contribution < 1.29 is 0 Å². The normalized spacial score (nSPS) is 27.6. The summed E-state index contributed by atoms with van der Waals surface area (Å²) in [4.78, 5) is 0. The molecule has 0 radical (unpaired) electrons. The molecule has 0 bridgehead atoms. The predicted octanol–water partition coefficient (Wildman–Crippen LogP) is 6.11. The Morgan fingerprint density at radius 2 is 1.95 bits per heavy atom. The summed E-state index contributed by atoms with van der Waals surface area (Å²) in [7, 11) is 0. The highest BCUT2D eigenvalue weighted by Crippen LogP contribution is 2.41. The quantitative estimate of drug-likeness (QED) is 0.688. The van der Waals surface area contributed by atoms with Crippen molar-refractivity contribution in [2.75, 3.05) is 6.54 Å². The van der Waals surface area contributed by atoms with Crippen LogP contribution in [0.5, 0.6) is 0 Å². The van der Waals surface area contributed by atoms with E-state index in [4.69, 9.17) is 23.2 Å². The summed E-state index contributed by atoms with van der Waals surface area (Å²) >= 11 is 12.5. The molecule has 1 aromatic rings. The summed E-state index contributed by atoms with van der Waals surface area (Å²) in [5, 5.41) is 5.23. The number of nitrogens with one attached hydrogen (secondary N) is 1. The topological polar surface area (TPSA) is 12.0 Å². The van der Waals surface area contributed by atoms with Crippen molar-refractivity contribution in [2.24, 2.45) is 17.8 Å². The van der Waals surface area contributed by atoms with Crippen molar-refractivity contribution in [2.45, 2.75) is 52.5 Å². The van der Waals surface area contributed by atoms with Crippen LogP contribution in [0.15, 0.2) is 18.2 Å². The molecule has 3 heteroatoms. The maximum absolute atomic E-state index is 6.46. The van der Waals surface area contributed by atoms with Gasteiger partial charge < -0.3 is 5.32 Å². The monoisotopic (exact) mass is 327 g/mol. The highest BCUT2D eigenvalue weighted by atomic mass is 35.5. The lowest BCUT2D eigenvalue weighted by Gasteiger charge is -2.37. The Labute approximate surface area is 139 Å². The summed E-state index contributed by atoms with van der Waals surface area (Å²) in [5.74, 6) is 2.30. The SMILES string of the molecule is CCCNC(c1ccc(Cl)cc1Cl)C1CCC(C)C(C)C1. The molecule has 1 aliphatic rings. The Hall–Kier alpha value is -0.240. The molecular weight excluding hydrogens is 301 g/mol. The summed E-state index contributed by atoms with van der Waals surface area (Å²) < 4.78 is 0. The summed E-state index contributed by atoms with van der Waals surface area (Å²) in [5.41, 5.74) is 1.21. The highest BCUT2D eigenvalue weighted by molar-refractivity contribution is 6.35. The molecule has 0 aliphatic heterocycles. The molecule has 0 amide bonds. The Morgan fingerprint density at radius 1 is 1.19 bits per heavy atom. The predicted molar refractivity (Wildman–Crippen MR) is 93.2 cm³/mol. The average Bonchev–Trinajstić information content (AvgIpc) is 2.44. The third-order valence-corrected chi connectivity index (χ3v) is 5.58. The molecule has 0 aromatic heterocycles. The lowest BCUT2D eigenvalue weighted by atomic mass is 9.72. The van der Waals surface area contributed by atoms with E-state index in [9.17, 15) is 0 Å². The van der Waals surface area contributed by atoms with E-state index < -0.39 is 0 Å². The van der Waals surface area contributed by atoms with Crippen molar-refractivity contribution >= 4 is 23.2 Å². The van der Waals surface area contributed by atoms with Gasteiger partial charge in [0.15, 0.2) is 0 Å². The van der Waals surface area contributed by atoms with E-state index in [1.165, 1.54) is 24.8 Å². The molecular formula is C18H27Cl2N. The van der Waals surface area contributed by atoms with Crippen LogP contribution in [0.2, 0.25) is 10.0 Å². The molecule has 0 saturated heterocycles. The maximum Gasteiger partial charge on any atom is 0.0468 e. The number of benzene rings is 1. The van der Waals surface area contributed by atoms with Crippen LogP contribution in [0.4, 0.5) is 0 Å². The summed E-state index contributed by atoms with van der Waals surface area (Å²) in [6.45, 7) is 8.00. The Morgan fingerprint density at radius 3 is 2.57 bits per heavy atom. The van der Waals surface area contributed by atoms with Crippen LogP contribution in [0, 0.1) is 17.8 Å². The van der Waals surface area contributed by atoms with Gasteiger partial charge in [0.25, 0.3) is 0 Å². The van der Waals surface area contributed by atoms with Crippen molar-refractivity contribution in [3.63, 3.8) is 0 Å². The fourth-order valence-corrected chi connectivity index (χ4v) is 4.00. The van der Waals surface area contributed by atoms with Crippen LogP contribution >= 0.6 is 23.2 Å². The Kier molecular flexibility index (Phi) is 6.40. The third kappa shape index (κ3) is 4.37. The largest absolute Gasteiger partial charge is 0.310 e. The molecule has 1 aliphatic carbocycles. The molecule has 2 rings (SSSR count). The van der Waals surface area contributed by atoms with Crippen molar-refractivity contribution in [3.8, 4) is 0 Å². The molecule has 0 heterocycles. The van der Waals surface area contributed by atoms with E-state index in [0.29, 0.717) is 17.0 Å². The molecule has 1 nitrogen and oxygen atoms in total. The highest BCUT2D eigenvalue weighted by Gasteiger charge is 2.31. The van der Waals surface area contributed by atoms with Crippen molar-refractivity contribution in [1.29, 1.82) is 0 Å². The standard InChI is InChI=1S/C18H27Cl2N/c1-4-9-21-18(14-6-5-12(2)13(3)10-14)16-8-7-15(19)11-17(16)20/h7-8,11-14,18,21H,4-6,9-10H2,1-3H3. The van der Waals surface area contributed by atoms with Crippen molar-refractivity contribution in [1.82, 2.24) is 5.32 Å². The lowest BCUT2D eigenvalue weighted by molar-refractivity contribution is 0.171. The molecule has 1 aromatic carbocycles. The molecule has 0 spiro atoms. The fraction of sp³-hybridized carbons (Fsp3) is 0.667. The molecule has 1 N–H and O–H groups in total. The summed E-state index contributed by atoms with van der Waals surface area (Å²) in [6.07, 6.45) is 5.02. The van der Waals surface area contributed by atoms with Gasteiger partial charge >= 0.3 is 0 Å². The van der Waals surface area contributed by atoms with E-state index in [2.05, 4.69) is 32.2 Å². The Balaban J connectivity index is 2.21. The minimum absolute atomic E-state index is 0.352. The number of hydrogen-bond donors (Lipinski definition) is 1. The third-order valence-electron chi connectivity index (χ3n) is 5.02. The lowest BCUT2D eigenvalue weighted by Crippen LogP contribution is -2.33. The van der Waals surface area contributed by atoms with Crippen LogP contribution in [0.25, 0.3) is 0 Å². The van der Waals surface area contributed by atoms with Crippen LogP contribution < -0.4 is 5.32 Å². The van der Waals surface area contributed by atoms with Gasteiger partial charge in [-0.05, 0) is 61.3 Å². The molecule has 4 unspecified atom stereocenters. The van der Waals surface area contributed by atoms with Gasteiger partial charge in [0.05, 0.1) is 0 Å². The second-order valence-corrected chi connectivity index (χ2v) is 7.47. The van der Waals surface area contributed by atoms with Gasteiger partial charge in [0, 0.05) is 16.1 Å². The molecule has 21 heavy (non-hydrogen) atoms. The summed E-state index contributed by atoms with van der Waals surface area (Å²) in [6, 6.07) is 6.28. The minimum atomic E-state index is 0.352. The van der Waals surface area contributed by atoms with Crippen LogP contribution in [-0.4, -0.2) is 6.54 Å². The molecule has 1 fully saturated rings. The van der Waals surface area contributed by atoms with E-state index in [0.717, 1.165) is 29.8 Å². The molecule has 4 atom stereocenters. The van der Waals surface area contributed by atoms with Gasteiger partial charge in [-0.3, -0.25) is 0 Å². The van der Waals surface area contributed by atoms with E-state index >= 15 is 0 Å². The zero-order valence-electron chi connectivity index (χ0n) is 13.3. The first-order chi connectivity index (χ1) is 10.0. The Bertz CT molecular complexity index is 461. The van der Waals surface area contributed by atoms with Gasteiger partial charge in [-0.1, -0.05) is 56.5 Å². The minimum Gasteiger partial charge on any atom is -0.310 e. The fourth-order valence-electron chi connectivity index (χ4n) is 3.48. The average molecular weight is 328 g/mol. The van der Waals surface area contributed by atoms with E-state index in [-0.39, 0.29) is 0 Å².